The minimum absolute atomic E-state index is 0.109. The largest absolute Gasteiger partial charge is 0.362 e. The van der Waals surface area contributed by atoms with Gasteiger partial charge in [0, 0.05) is 24.0 Å². The van der Waals surface area contributed by atoms with Gasteiger partial charge in [0.1, 0.15) is 0 Å². The minimum Gasteiger partial charge on any atom is -0.362 e. The van der Waals surface area contributed by atoms with Gasteiger partial charge in [0.2, 0.25) is 11.8 Å². The summed E-state index contributed by atoms with van der Waals surface area (Å²) in [7, 11) is 0. The van der Waals surface area contributed by atoms with Crippen molar-refractivity contribution in [2.75, 3.05) is 29.9 Å². The van der Waals surface area contributed by atoms with Crippen LogP contribution in [0.25, 0.3) is 0 Å². The fourth-order valence-electron chi connectivity index (χ4n) is 2.71. The second-order valence-electron chi connectivity index (χ2n) is 6.31. The molecule has 5 nitrogen and oxygen atoms in total. The highest BCUT2D eigenvalue weighted by Gasteiger charge is 2.12. The maximum atomic E-state index is 13.1. The van der Waals surface area contributed by atoms with Gasteiger partial charge in [-0.2, -0.15) is 0 Å². The highest BCUT2D eigenvalue weighted by atomic mass is 19.2. The van der Waals surface area contributed by atoms with Crippen molar-refractivity contribution in [2.24, 2.45) is 0 Å². The maximum absolute atomic E-state index is 13.1. The molecule has 2 amide bonds. The van der Waals surface area contributed by atoms with E-state index >= 15 is 0 Å². The highest BCUT2D eigenvalue weighted by Crippen LogP contribution is 2.18. The molecule has 7 heteroatoms. The molecule has 2 aromatic rings. The van der Waals surface area contributed by atoms with Crippen LogP contribution in [0.3, 0.4) is 0 Å². The van der Waals surface area contributed by atoms with Gasteiger partial charge in [0.25, 0.3) is 0 Å². The van der Waals surface area contributed by atoms with E-state index in [2.05, 4.69) is 16.7 Å². The van der Waals surface area contributed by atoms with Crippen molar-refractivity contribution in [3.8, 4) is 0 Å². The molecule has 144 valence electrons. The molecule has 0 radical (unpaired) electrons. The number of hydrogen-bond acceptors (Lipinski definition) is 3. The molecule has 2 rings (SSSR count). The van der Waals surface area contributed by atoms with Crippen LogP contribution < -0.4 is 15.5 Å². The number of nitrogens with zero attached hydrogens (tertiary/aromatic N) is 1. The number of anilines is 2. The minimum atomic E-state index is -1.05. The molecule has 0 aliphatic heterocycles. The van der Waals surface area contributed by atoms with Crippen molar-refractivity contribution < 1.29 is 18.4 Å². The van der Waals surface area contributed by atoms with Gasteiger partial charge in [-0.3, -0.25) is 9.59 Å². The number of hydrogen-bond donors (Lipinski definition) is 2. The molecule has 0 unspecified atom stereocenters. The lowest BCUT2D eigenvalue weighted by molar-refractivity contribution is -0.123. The summed E-state index contributed by atoms with van der Waals surface area (Å²) in [5.74, 6) is -2.88. The van der Waals surface area contributed by atoms with E-state index < -0.39 is 17.5 Å². The average Bonchev–Trinajstić information content (AvgIpc) is 2.60. The van der Waals surface area contributed by atoms with Crippen LogP contribution in [0.1, 0.15) is 18.1 Å². The molecule has 0 spiro atoms. The van der Waals surface area contributed by atoms with E-state index in [1.807, 2.05) is 37.8 Å². The fraction of sp³-hybridized carbons (Fsp3) is 0.300. The zero-order chi connectivity index (χ0) is 20.0. The fourth-order valence-corrected chi connectivity index (χ4v) is 2.71. The van der Waals surface area contributed by atoms with Crippen LogP contribution in [0, 0.1) is 25.5 Å². The number of aryl methyl sites for hydroxylation is 2. The molecule has 0 aliphatic rings. The quantitative estimate of drug-likeness (QED) is 0.782. The number of likely N-dealkylation sites (N-methyl/N-ethyl adjacent to an activating group) is 1. The zero-order valence-electron chi connectivity index (χ0n) is 15.6. The van der Waals surface area contributed by atoms with Gasteiger partial charge in [0.05, 0.1) is 13.1 Å². The molecule has 0 fully saturated rings. The predicted octanol–water partition coefficient (Wildman–Crippen LogP) is 3.16. The van der Waals surface area contributed by atoms with Crippen molar-refractivity contribution in [3.05, 3.63) is 59.2 Å². The molecule has 2 N–H and O–H groups in total. The van der Waals surface area contributed by atoms with Gasteiger partial charge in [-0.15, -0.1) is 0 Å². The second-order valence-corrected chi connectivity index (χ2v) is 6.31. The molecule has 0 atom stereocenters. The van der Waals surface area contributed by atoms with Crippen molar-refractivity contribution in [1.82, 2.24) is 5.32 Å². The van der Waals surface area contributed by atoms with Crippen LogP contribution in [0.5, 0.6) is 0 Å². The summed E-state index contributed by atoms with van der Waals surface area (Å²) in [4.78, 5) is 25.9. The van der Waals surface area contributed by atoms with Crippen LogP contribution >= 0.6 is 0 Å². The summed E-state index contributed by atoms with van der Waals surface area (Å²) in [6, 6.07) is 9.11. The Morgan fingerprint density at radius 1 is 0.963 bits per heavy atom. The SMILES string of the molecule is CCN(CC(=O)NCC(=O)Nc1ccc(F)c(F)c1)c1cc(C)cc(C)c1. The maximum Gasteiger partial charge on any atom is 0.243 e. The van der Waals surface area contributed by atoms with Gasteiger partial charge >= 0.3 is 0 Å². The van der Waals surface area contributed by atoms with E-state index in [4.69, 9.17) is 0 Å². The highest BCUT2D eigenvalue weighted by molar-refractivity contribution is 5.95. The molecule has 2 aromatic carbocycles. The first-order chi connectivity index (χ1) is 12.8. The lowest BCUT2D eigenvalue weighted by atomic mass is 10.1. The molecule has 0 saturated carbocycles. The summed E-state index contributed by atoms with van der Waals surface area (Å²) in [5, 5.41) is 4.94. The van der Waals surface area contributed by atoms with Gasteiger partial charge in [-0.1, -0.05) is 6.07 Å². The monoisotopic (exact) mass is 375 g/mol. The van der Waals surface area contributed by atoms with E-state index in [0.717, 1.165) is 28.9 Å². The molecule has 0 saturated heterocycles. The third kappa shape index (κ3) is 6.06. The zero-order valence-corrected chi connectivity index (χ0v) is 15.6. The number of nitrogens with one attached hydrogen (secondary N) is 2. The number of carbonyl (C=O) groups is 2. The van der Waals surface area contributed by atoms with Crippen molar-refractivity contribution in [1.29, 1.82) is 0 Å². The van der Waals surface area contributed by atoms with E-state index in [1.165, 1.54) is 6.07 Å². The van der Waals surface area contributed by atoms with Crippen LogP contribution in [0.4, 0.5) is 20.2 Å². The van der Waals surface area contributed by atoms with E-state index in [0.29, 0.717) is 6.54 Å². The van der Waals surface area contributed by atoms with E-state index in [-0.39, 0.29) is 24.7 Å². The molecule has 27 heavy (non-hydrogen) atoms. The van der Waals surface area contributed by atoms with Crippen LogP contribution in [0.2, 0.25) is 0 Å². The predicted molar refractivity (Wildman–Crippen MR) is 102 cm³/mol. The normalized spacial score (nSPS) is 10.4. The first-order valence-electron chi connectivity index (χ1n) is 8.63. The third-order valence-corrected chi connectivity index (χ3v) is 3.94. The summed E-state index contributed by atoms with van der Waals surface area (Å²) >= 11 is 0. The van der Waals surface area contributed by atoms with Crippen LogP contribution in [-0.2, 0) is 9.59 Å². The topological polar surface area (TPSA) is 61.4 Å². The number of rotatable bonds is 7. The van der Waals surface area contributed by atoms with Gasteiger partial charge in [0.15, 0.2) is 11.6 Å². The number of amides is 2. The molecule has 0 aromatic heterocycles. The number of benzene rings is 2. The lowest BCUT2D eigenvalue weighted by Gasteiger charge is -2.23. The summed E-state index contributed by atoms with van der Waals surface area (Å²) in [5.41, 5.74) is 3.28. The smallest absolute Gasteiger partial charge is 0.243 e. The Balaban J connectivity index is 1.88. The van der Waals surface area contributed by atoms with Gasteiger partial charge in [-0.05, 0) is 56.2 Å². The van der Waals surface area contributed by atoms with E-state index in [9.17, 15) is 18.4 Å². The Morgan fingerprint density at radius 2 is 1.63 bits per heavy atom. The van der Waals surface area contributed by atoms with Gasteiger partial charge in [-0.25, -0.2) is 8.78 Å². The third-order valence-electron chi connectivity index (χ3n) is 3.94. The second kappa shape index (κ2) is 9.12. The van der Waals surface area contributed by atoms with E-state index in [1.54, 1.807) is 0 Å². The first-order valence-corrected chi connectivity index (χ1v) is 8.63. The Morgan fingerprint density at radius 3 is 2.22 bits per heavy atom. The van der Waals surface area contributed by atoms with Crippen LogP contribution in [-0.4, -0.2) is 31.4 Å². The Bertz CT molecular complexity index is 820. The summed E-state index contributed by atoms with van der Waals surface area (Å²) < 4.78 is 26.0. The molecule has 0 bridgehead atoms. The molecule has 0 aliphatic carbocycles. The van der Waals surface area contributed by atoms with Crippen LogP contribution in [0.15, 0.2) is 36.4 Å². The van der Waals surface area contributed by atoms with Crippen molar-refractivity contribution in [2.45, 2.75) is 20.8 Å². The number of halogens is 2. The molecular weight excluding hydrogens is 352 g/mol. The summed E-state index contributed by atoms with van der Waals surface area (Å²) in [6.45, 7) is 6.41. The first kappa shape index (κ1) is 20.4. The Kier molecular flexibility index (Phi) is 6.87. The van der Waals surface area contributed by atoms with Crippen molar-refractivity contribution >= 4 is 23.2 Å². The molecular formula is C20H23F2N3O2. The summed E-state index contributed by atoms with van der Waals surface area (Å²) in [6.07, 6.45) is 0. The average molecular weight is 375 g/mol. The van der Waals surface area contributed by atoms with Crippen molar-refractivity contribution in [3.63, 3.8) is 0 Å². The number of carbonyl (C=O) groups excluding carboxylic acids is 2. The lowest BCUT2D eigenvalue weighted by Crippen LogP contribution is -2.40. The Labute approximate surface area is 157 Å². The Hall–Kier alpha value is -2.96. The van der Waals surface area contributed by atoms with Gasteiger partial charge < -0.3 is 15.5 Å². The standard InChI is InChI=1S/C20H23F2N3O2/c1-4-25(16-8-13(2)7-14(3)9-16)12-20(27)23-11-19(26)24-15-5-6-17(21)18(22)10-15/h5-10H,4,11-12H2,1-3H3,(H,23,27)(H,24,26). The molecule has 0 heterocycles.